The highest BCUT2D eigenvalue weighted by atomic mass is 32.2. The number of nitrogens with one attached hydrogen (secondary N) is 2. The molecule has 0 aliphatic heterocycles. The molecule has 34 heavy (non-hydrogen) atoms. The molecular weight excluding hydrogens is 452 g/mol. The van der Waals surface area contributed by atoms with Crippen molar-refractivity contribution in [2.45, 2.75) is 32.6 Å². The fourth-order valence-corrected chi connectivity index (χ4v) is 4.42. The molecule has 0 bridgehead atoms. The van der Waals surface area contributed by atoms with Crippen molar-refractivity contribution in [3.8, 4) is 5.82 Å². The maximum absolute atomic E-state index is 12.7. The van der Waals surface area contributed by atoms with Crippen molar-refractivity contribution in [3.63, 3.8) is 0 Å². The Morgan fingerprint density at radius 3 is 2.21 bits per heavy atom. The van der Waals surface area contributed by atoms with Crippen molar-refractivity contribution in [2.75, 3.05) is 10.0 Å². The third-order valence-corrected chi connectivity index (χ3v) is 6.86. The van der Waals surface area contributed by atoms with Gasteiger partial charge in [0.15, 0.2) is 17.4 Å². The van der Waals surface area contributed by atoms with Crippen molar-refractivity contribution in [1.82, 2.24) is 20.0 Å². The molecular formula is C24H24N6O3S. The van der Waals surface area contributed by atoms with Crippen molar-refractivity contribution in [1.29, 1.82) is 0 Å². The maximum Gasteiger partial charge on any atom is 0.261 e. The van der Waals surface area contributed by atoms with Gasteiger partial charge in [-0.15, -0.1) is 10.2 Å². The molecule has 2 N–H and O–H groups in total. The second-order valence-corrected chi connectivity index (χ2v) is 9.56. The molecule has 2 heterocycles. The van der Waals surface area contributed by atoms with Crippen LogP contribution in [0.2, 0.25) is 0 Å². The SMILES string of the molecule is CC(=O)c1cccc(S(=O)(=O)Nc2ccc(Nc3ccc(-n4nc(C)c(C)c4C)nn3)cc2)c1. The van der Waals surface area contributed by atoms with Gasteiger partial charge in [-0.2, -0.15) is 5.10 Å². The molecule has 10 heteroatoms. The van der Waals surface area contributed by atoms with Gasteiger partial charge in [0.1, 0.15) is 0 Å². The second-order valence-electron chi connectivity index (χ2n) is 7.88. The standard InChI is InChI=1S/C24H24N6O3S/c1-15-16(2)28-30(17(15)3)24-13-12-23(26-27-24)25-20-8-10-21(11-9-20)29-34(32,33)22-7-5-6-19(14-22)18(4)31/h5-14,29H,1-4H3,(H,25,26). The van der Waals surface area contributed by atoms with Gasteiger partial charge in [-0.1, -0.05) is 12.1 Å². The van der Waals surface area contributed by atoms with Crippen molar-refractivity contribution in [2.24, 2.45) is 0 Å². The number of anilines is 3. The summed E-state index contributed by atoms with van der Waals surface area (Å²) in [5.41, 5.74) is 4.52. The second kappa shape index (κ2) is 9.06. The molecule has 4 aromatic rings. The van der Waals surface area contributed by atoms with Gasteiger partial charge >= 0.3 is 0 Å². The highest BCUT2D eigenvalue weighted by molar-refractivity contribution is 7.92. The Morgan fingerprint density at radius 1 is 0.912 bits per heavy atom. The predicted molar refractivity (Wildman–Crippen MR) is 130 cm³/mol. The number of rotatable bonds is 7. The predicted octanol–water partition coefficient (Wildman–Crippen LogP) is 4.33. The van der Waals surface area contributed by atoms with Crippen LogP contribution in [0.4, 0.5) is 17.2 Å². The highest BCUT2D eigenvalue weighted by Crippen LogP contribution is 2.22. The van der Waals surface area contributed by atoms with Crippen molar-refractivity contribution >= 4 is 33.0 Å². The van der Waals surface area contributed by atoms with Crippen LogP contribution in [0.25, 0.3) is 5.82 Å². The van der Waals surface area contributed by atoms with Crippen LogP contribution >= 0.6 is 0 Å². The Balaban J connectivity index is 1.45. The van der Waals surface area contributed by atoms with E-state index in [2.05, 4.69) is 25.3 Å². The maximum atomic E-state index is 12.7. The van der Waals surface area contributed by atoms with Gasteiger partial charge in [0.2, 0.25) is 0 Å². The summed E-state index contributed by atoms with van der Waals surface area (Å²) >= 11 is 0. The first-order chi connectivity index (χ1) is 16.1. The lowest BCUT2D eigenvalue weighted by molar-refractivity contribution is 0.101. The number of nitrogens with zero attached hydrogens (tertiary/aromatic N) is 4. The summed E-state index contributed by atoms with van der Waals surface area (Å²) in [5.74, 6) is 0.961. The topological polar surface area (TPSA) is 119 Å². The van der Waals surface area contributed by atoms with E-state index in [9.17, 15) is 13.2 Å². The monoisotopic (exact) mass is 476 g/mol. The molecule has 0 saturated heterocycles. The number of Topliss-reactive ketones (excluding diaryl/α,β-unsaturated/α-hetero) is 1. The van der Waals surface area contributed by atoms with Crippen molar-refractivity contribution < 1.29 is 13.2 Å². The Bertz CT molecular complexity index is 1460. The molecule has 9 nitrogen and oxygen atoms in total. The van der Waals surface area contributed by atoms with Crippen LogP contribution in [-0.4, -0.2) is 34.2 Å². The number of carbonyl (C=O) groups is 1. The number of hydrogen-bond donors (Lipinski definition) is 2. The summed E-state index contributed by atoms with van der Waals surface area (Å²) in [6.45, 7) is 7.35. The van der Waals surface area contributed by atoms with Gasteiger partial charge in [0.05, 0.1) is 10.6 Å². The molecule has 2 aromatic heterocycles. The lowest BCUT2D eigenvalue weighted by Crippen LogP contribution is -2.13. The molecule has 0 unspecified atom stereocenters. The molecule has 2 aromatic carbocycles. The van der Waals surface area contributed by atoms with Gasteiger partial charge in [-0.05, 0) is 81.8 Å². The summed E-state index contributed by atoms with van der Waals surface area (Å²) in [6, 6.07) is 16.3. The van der Waals surface area contributed by atoms with Crippen molar-refractivity contribution in [3.05, 3.63) is 83.2 Å². The normalized spacial score (nSPS) is 11.3. The van der Waals surface area contributed by atoms with Crippen LogP contribution in [0.15, 0.2) is 65.6 Å². The third-order valence-electron chi connectivity index (χ3n) is 5.48. The van der Waals surface area contributed by atoms with Gasteiger partial charge in [-0.25, -0.2) is 13.1 Å². The van der Waals surface area contributed by atoms with E-state index >= 15 is 0 Å². The number of carbonyl (C=O) groups excluding carboxylic acids is 1. The highest BCUT2D eigenvalue weighted by Gasteiger charge is 2.16. The van der Waals surface area contributed by atoms with Gasteiger partial charge in [0.25, 0.3) is 10.0 Å². The van der Waals surface area contributed by atoms with Gasteiger partial charge in [-0.3, -0.25) is 9.52 Å². The third kappa shape index (κ3) is 4.81. The van der Waals surface area contributed by atoms with E-state index in [1.165, 1.54) is 19.1 Å². The molecule has 0 atom stereocenters. The van der Waals surface area contributed by atoms with E-state index < -0.39 is 10.0 Å². The largest absolute Gasteiger partial charge is 0.339 e. The van der Waals surface area contributed by atoms with E-state index in [0.29, 0.717) is 28.6 Å². The number of hydrogen-bond acceptors (Lipinski definition) is 7. The Hall–Kier alpha value is -4.05. The zero-order valence-electron chi connectivity index (χ0n) is 19.2. The first-order valence-corrected chi connectivity index (χ1v) is 12.0. The van der Waals surface area contributed by atoms with Crippen LogP contribution in [-0.2, 0) is 10.0 Å². The van der Waals surface area contributed by atoms with Crippen LogP contribution in [0, 0.1) is 20.8 Å². The van der Waals surface area contributed by atoms with E-state index in [1.807, 2.05) is 26.8 Å². The van der Waals surface area contributed by atoms with Gasteiger partial charge < -0.3 is 5.32 Å². The Kier molecular flexibility index (Phi) is 6.16. The van der Waals surface area contributed by atoms with Crippen LogP contribution in [0.3, 0.4) is 0 Å². The molecule has 4 rings (SSSR count). The Labute approximate surface area is 197 Å². The molecule has 0 aliphatic rings. The molecule has 174 valence electrons. The van der Waals surface area contributed by atoms with E-state index in [1.54, 1.807) is 47.1 Å². The lowest BCUT2D eigenvalue weighted by Gasteiger charge is -2.10. The first kappa shape index (κ1) is 23.1. The minimum absolute atomic E-state index is 0.0237. The number of benzene rings is 2. The molecule has 0 amide bonds. The van der Waals surface area contributed by atoms with Crippen LogP contribution in [0.5, 0.6) is 0 Å². The quantitative estimate of drug-likeness (QED) is 0.381. The molecule has 0 fully saturated rings. The summed E-state index contributed by atoms with van der Waals surface area (Å²) in [4.78, 5) is 11.6. The van der Waals surface area contributed by atoms with Gasteiger partial charge in [0, 0.05) is 22.6 Å². The first-order valence-electron chi connectivity index (χ1n) is 10.5. The minimum atomic E-state index is -3.83. The fourth-order valence-electron chi connectivity index (χ4n) is 3.31. The average molecular weight is 477 g/mol. The smallest absolute Gasteiger partial charge is 0.261 e. The van der Waals surface area contributed by atoms with E-state index in [4.69, 9.17) is 0 Å². The molecule has 0 saturated carbocycles. The molecule has 0 radical (unpaired) electrons. The van der Waals surface area contributed by atoms with E-state index in [0.717, 1.165) is 17.0 Å². The van der Waals surface area contributed by atoms with Crippen LogP contribution in [0.1, 0.15) is 34.2 Å². The Morgan fingerprint density at radius 2 is 1.62 bits per heavy atom. The van der Waals surface area contributed by atoms with E-state index in [-0.39, 0.29) is 10.7 Å². The number of aromatic nitrogens is 4. The zero-order chi connectivity index (χ0) is 24.5. The molecule has 0 spiro atoms. The summed E-state index contributed by atoms with van der Waals surface area (Å²) < 4.78 is 29.7. The molecule has 0 aliphatic carbocycles. The van der Waals surface area contributed by atoms with Crippen LogP contribution < -0.4 is 10.0 Å². The summed E-state index contributed by atoms with van der Waals surface area (Å²) in [6.07, 6.45) is 0. The average Bonchev–Trinajstić information content (AvgIpc) is 3.08. The lowest BCUT2D eigenvalue weighted by atomic mass is 10.2. The number of sulfonamides is 1. The summed E-state index contributed by atoms with van der Waals surface area (Å²) in [5, 5.41) is 16.1. The minimum Gasteiger partial charge on any atom is -0.339 e. The fraction of sp³-hybridized carbons (Fsp3) is 0.167. The zero-order valence-corrected chi connectivity index (χ0v) is 20.0. The summed E-state index contributed by atoms with van der Waals surface area (Å²) in [7, 11) is -3.83. The number of aryl methyl sites for hydroxylation is 1. The number of ketones is 1.